The number of carbonyl (C=O) groups is 1. The number of fused-ring (bicyclic) bond motifs is 1. The number of amides is 1. The average molecular weight is 289 g/mol. The Kier molecular flexibility index (Phi) is 3.42. The van der Waals surface area contributed by atoms with Crippen LogP contribution in [0.2, 0.25) is 0 Å². The van der Waals surface area contributed by atoms with E-state index >= 15 is 0 Å². The first-order valence-electron chi connectivity index (χ1n) is 6.08. The van der Waals surface area contributed by atoms with Crippen LogP contribution in [0.4, 0.5) is 10.6 Å². The molecule has 1 aromatic heterocycles. The van der Waals surface area contributed by atoms with Gasteiger partial charge in [0.25, 0.3) is 0 Å². The van der Waals surface area contributed by atoms with Gasteiger partial charge >= 0.3 is 11.8 Å². The molecule has 8 heteroatoms. The van der Waals surface area contributed by atoms with Gasteiger partial charge in [-0.05, 0) is 23.8 Å². The fraction of sp³-hybridized carbons (Fsp3) is 0.154. The van der Waals surface area contributed by atoms with Gasteiger partial charge in [-0.15, -0.1) is 0 Å². The van der Waals surface area contributed by atoms with Crippen molar-refractivity contribution in [3.63, 3.8) is 0 Å². The van der Waals surface area contributed by atoms with Crippen LogP contribution >= 0.6 is 0 Å². The van der Waals surface area contributed by atoms with Crippen LogP contribution in [0.3, 0.4) is 0 Å². The van der Waals surface area contributed by atoms with E-state index in [-0.39, 0.29) is 19.2 Å². The van der Waals surface area contributed by atoms with Crippen molar-refractivity contribution in [3.05, 3.63) is 46.5 Å². The number of H-pyrrole nitrogens is 1. The zero-order valence-electron chi connectivity index (χ0n) is 10.8. The van der Waals surface area contributed by atoms with Crippen LogP contribution < -0.4 is 20.5 Å². The smallest absolute Gasteiger partial charge is 0.413 e. The van der Waals surface area contributed by atoms with Crippen molar-refractivity contribution in [1.82, 2.24) is 9.97 Å². The molecule has 3 rings (SSSR count). The van der Waals surface area contributed by atoms with E-state index < -0.39 is 11.8 Å². The highest BCUT2D eigenvalue weighted by atomic mass is 16.7. The van der Waals surface area contributed by atoms with Gasteiger partial charge in [0.1, 0.15) is 12.4 Å². The van der Waals surface area contributed by atoms with Crippen LogP contribution in [-0.2, 0) is 11.3 Å². The van der Waals surface area contributed by atoms with Gasteiger partial charge in [-0.25, -0.2) is 14.6 Å². The fourth-order valence-electron chi connectivity index (χ4n) is 1.77. The molecule has 1 aliphatic heterocycles. The van der Waals surface area contributed by atoms with Crippen molar-refractivity contribution >= 4 is 11.9 Å². The molecule has 8 nitrogen and oxygen atoms in total. The Morgan fingerprint density at radius 3 is 3.05 bits per heavy atom. The SMILES string of the molecule is O=C(Nc1ccnc(=O)[nH]1)OCc1ccc2c(c1)OCO2. The minimum Gasteiger partial charge on any atom is -0.454 e. The van der Waals surface area contributed by atoms with Crippen molar-refractivity contribution in [2.24, 2.45) is 0 Å². The van der Waals surface area contributed by atoms with Gasteiger partial charge in [-0.1, -0.05) is 6.07 Å². The average Bonchev–Trinajstić information content (AvgIpc) is 2.92. The summed E-state index contributed by atoms with van der Waals surface area (Å²) in [7, 11) is 0. The summed E-state index contributed by atoms with van der Waals surface area (Å²) in [5.74, 6) is 1.50. The number of anilines is 1. The van der Waals surface area contributed by atoms with E-state index in [0.29, 0.717) is 11.5 Å². The molecule has 0 atom stereocenters. The number of nitrogens with one attached hydrogen (secondary N) is 2. The quantitative estimate of drug-likeness (QED) is 0.881. The molecule has 0 saturated heterocycles. The predicted molar refractivity (Wildman–Crippen MR) is 71.2 cm³/mol. The van der Waals surface area contributed by atoms with E-state index in [1.54, 1.807) is 18.2 Å². The molecular formula is C13H11N3O5. The van der Waals surface area contributed by atoms with E-state index in [4.69, 9.17) is 14.2 Å². The van der Waals surface area contributed by atoms with Crippen LogP contribution in [0.5, 0.6) is 11.5 Å². The normalized spacial score (nSPS) is 12.0. The summed E-state index contributed by atoms with van der Waals surface area (Å²) in [4.78, 5) is 28.4. The molecule has 21 heavy (non-hydrogen) atoms. The Morgan fingerprint density at radius 1 is 1.33 bits per heavy atom. The van der Waals surface area contributed by atoms with Gasteiger partial charge < -0.3 is 14.2 Å². The highest BCUT2D eigenvalue weighted by Gasteiger charge is 2.13. The summed E-state index contributed by atoms with van der Waals surface area (Å²) in [6, 6.07) is 6.71. The van der Waals surface area contributed by atoms with Gasteiger partial charge in [-0.3, -0.25) is 10.3 Å². The molecule has 0 aliphatic carbocycles. The van der Waals surface area contributed by atoms with Crippen LogP contribution in [-0.4, -0.2) is 22.9 Å². The summed E-state index contributed by atoms with van der Waals surface area (Å²) in [5.41, 5.74) is 0.209. The van der Waals surface area contributed by atoms with Crippen molar-refractivity contribution in [1.29, 1.82) is 0 Å². The van der Waals surface area contributed by atoms with Crippen molar-refractivity contribution in [2.45, 2.75) is 6.61 Å². The van der Waals surface area contributed by atoms with Crippen molar-refractivity contribution < 1.29 is 19.0 Å². The van der Waals surface area contributed by atoms with Crippen molar-refractivity contribution in [2.75, 3.05) is 12.1 Å². The first-order chi connectivity index (χ1) is 10.2. The zero-order chi connectivity index (χ0) is 14.7. The van der Waals surface area contributed by atoms with Gasteiger partial charge in [-0.2, -0.15) is 0 Å². The van der Waals surface area contributed by atoms with Gasteiger partial charge in [0.2, 0.25) is 6.79 Å². The molecule has 0 bridgehead atoms. The Hall–Kier alpha value is -3.03. The maximum Gasteiger partial charge on any atom is 0.413 e. The molecule has 1 aliphatic rings. The highest BCUT2D eigenvalue weighted by molar-refractivity contribution is 5.83. The number of hydrogen-bond acceptors (Lipinski definition) is 6. The summed E-state index contributed by atoms with van der Waals surface area (Å²) in [6.07, 6.45) is 0.598. The molecule has 108 valence electrons. The molecule has 0 unspecified atom stereocenters. The topological polar surface area (TPSA) is 103 Å². The third kappa shape index (κ3) is 3.11. The Labute approximate surface area is 118 Å². The summed E-state index contributed by atoms with van der Waals surface area (Å²) < 4.78 is 15.5. The lowest BCUT2D eigenvalue weighted by Crippen LogP contribution is -2.18. The van der Waals surface area contributed by atoms with E-state index in [9.17, 15) is 9.59 Å². The molecule has 0 radical (unpaired) electrons. The zero-order valence-corrected chi connectivity index (χ0v) is 10.8. The lowest BCUT2D eigenvalue weighted by atomic mass is 10.2. The van der Waals surface area contributed by atoms with E-state index in [1.165, 1.54) is 12.3 Å². The Balaban J connectivity index is 1.57. The molecule has 2 N–H and O–H groups in total. The molecule has 1 amide bonds. The van der Waals surface area contributed by atoms with Gasteiger partial charge in [0.15, 0.2) is 11.5 Å². The second-order valence-electron chi connectivity index (χ2n) is 4.18. The lowest BCUT2D eigenvalue weighted by molar-refractivity contribution is 0.154. The summed E-state index contributed by atoms with van der Waals surface area (Å²) in [5, 5.41) is 2.39. The van der Waals surface area contributed by atoms with Crippen molar-refractivity contribution in [3.8, 4) is 11.5 Å². The number of carbonyl (C=O) groups excluding carboxylic acids is 1. The Morgan fingerprint density at radius 2 is 2.19 bits per heavy atom. The minimum absolute atomic E-state index is 0.0673. The lowest BCUT2D eigenvalue weighted by Gasteiger charge is -2.07. The number of rotatable bonds is 3. The van der Waals surface area contributed by atoms with Crippen LogP contribution in [0, 0.1) is 0 Å². The molecule has 0 fully saturated rings. The van der Waals surface area contributed by atoms with E-state index in [2.05, 4.69) is 15.3 Å². The van der Waals surface area contributed by atoms with Crippen LogP contribution in [0.15, 0.2) is 35.3 Å². The predicted octanol–water partition coefficient (Wildman–Crippen LogP) is 1.25. The molecule has 2 heterocycles. The number of aromatic amines is 1. The molecule has 1 aromatic carbocycles. The summed E-state index contributed by atoms with van der Waals surface area (Å²) >= 11 is 0. The monoisotopic (exact) mass is 289 g/mol. The number of aromatic nitrogens is 2. The first kappa shape index (κ1) is 13.0. The second-order valence-corrected chi connectivity index (χ2v) is 4.18. The number of benzene rings is 1. The molecule has 0 spiro atoms. The Bertz CT molecular complexity index is 728. The van der Waals surface area contributed by atoms with Crippen LogP contribution in [0.25, 0.3) is 0 Å². The molecular weight excluding hydrogens is 278 g/mol. The third-order valence-electron chi connectivity index (χ3n) is 2.72. The molecule has 2 aromatic rings. The largest absolute Gasteiger partial charge is 0.454 e. The maximum atomic E-state index is 11.6. The second kappa shape index (κ2) is 5.53. The van der Waals surface area contributed by atoms with Crippen LogP contribution in [0.1, 0.15) is 5.56 Å². The first-order valence-corrected chi connectivity index (χ1v) is 6.08. The highest BCUT2D eigenvalue weighted by Crippen LogP contribution is 2.32. The maximum absolute atomic E-state index is 11.6. The number of hydrogen-bond donors (Lipinski definition) is 2. The summed E-state index contributed by atoms with van der Waals surface area (Å²) in [6.45, 7) is 0.257. The van der Waals surface area contributed by atoms with Gasteiger partial charge in [0, 0.05) is 6.20 Å². The van der Waals surface area contributed by atoms with Gasteiger partial charge in [0.05, 0.1) is 0 Å². The standard InChI is InChI=1S/C13H11N3O5/c17-12-14-4-3-11(15-12)16-13(18)19-6-8-1-2-9-10(5-8)21-7-20-9/h1-5H,6-7H2,(H2,14,15,16,17,18). The number of ether oxygens (including phenoxy) is 3. The molecule has 0 saturated carbocycles. The fourth-order valence-corrected chi connectivity index (χ4v) is 1.77. The minimum atomic E-state index is -0.686. The third-order valence-corrected chi connectivity index (χ3v) is 2.72. The van der Waals surface area contributed by atoms with E-state index in [1.807, 2.05) is 0 Å². The number of nitrogens with zero attached hydrogens (tertiary/aromatic N) is 1. The van der Waals surface area contributed by atoms with E-state index in [0.717, 1.165) is 5.56 Å².